The van der Waals surface area contributed by atoms with Crippen LogP contribution < -0.4 is 15.2 Å². The Morgan fingerprint density at radius 2 is 1.76 bits per heavy atom. The molecule has 1 aliphatic rings. The van der Waals surface area contributed by atoms with Gasteiger partial charge < -0.3 is 20.1 Å². The van der Waals surface area contributed by atoms with Crippen LogP contribution in [-0.2, 0) is 4.79 Å². The number of hydrogen-bond acceptors (Lipinski definition) is 4. The molecule has 3 rings (SSSR count). The molecule has 1 fully saturated rings. The number of nitrogens with zero attached hydrogens (tertiary/aromatic N) is 1. The van der Waals surface area contributed by atoms with E-state index >= 15 is 0 Å². The minimum Gasteiger partial charge on any atom is -0.497 e. The zero-order chi connectivity index (χ0) is 20.9. The van der Waals surface area contributed by atoms with E-state index in [9.17, 15) is 14.0 Å². The predicted molar refractivity (Wildman–Crippen MR) is 106 cm³/mol. The van der Waals surface area contributed by atoms with Gasteiger partial charge in [-0.3, -0.25) is 9.59 Å². The van der Waals surface area contributed by atoms with Gasteiger partial charge in [-0.05, 0) is 61.4 Å². The van der Waals surface area contributed by atoms with Gasteiger partial charge in [0, 0.05) is 30.5 Å². The molecule has 0 radical (unpaired) electrons. The minimum atomic E-state index is -0.583. The summed E-state index contributed by atoms with van der Waals surface area (Å²) in [6, 6.07) is 12.6. The Morgan fingerprint density at radius 1 is 1.10 bits per heavy atom. The first kappa shape index (κ1) is 20.6. The number of primary amides is 1. The Balaban J connectivity index is 1.74. The molecule has 2 N–H and O–H groups in total. The van der Waals surface area contributed by atoms with Crippen molar-refractivity contribution in [3.05, 3.63) is 59.9 Å². The van der Waals surface area contributed by atoms with Gasteiger partial charge in [0.2, 0.25) is 5.91 Å². The fraction of sp³-hybridized carbons (Fsp3) is 0.364. The minimum absolute atomic E-state index is 0.108. The van der Waals surface area contributed by atoms with Crippen LogP contribution in [0.3, 0.4) is 0 Å². The Kier molecular flexibility index (Phi) is 6.36. The van der Waals surface area contributed by atoms with E-state index in [1.807, 2.05) is 0 Å². The molecule has 0 aliphatic carbocycles. The maximum Gasteiger partial charge on any atom is 0.253 e. The Morgan fingerprint density at radius 3 is 2.38 bits per heavy atom. The van der Waals surface area contributed by atoms with Crippen molar-refractivity contribution in [3.63, 3.8) is 0 Å². The number of halogens is 1. The number of nitrogens with two attached hydrogens (primary N) is 1. The van der Waals surface area contributed by atoms with Crippen LogP contribution in [0.25, 0.3) is 0 Å². The van der Waals surface area contributed by atoms with Crippen molar-refractivity contribution in [2.75, 3.05) is 26.8 Å². The molecule has 1 saturated heterocycles. The van der Waals surface area contributed by atoms with Crippen LogP contribution >= 0.6 is 0 Å². The fourth-order valence-electron chi connectivity index (χ4n) is 3.75. The first-order valence-corrected chi connectivity index (χ1v) is 9.51. The highest BCUT2D eigenvalue weighted by Gasteiger charge is 2.39. The topological polar surface area (TPSA) is 81.9 Å². The molecule has 0 saturated carbocycles. The van der Waals surface area contributed by atoms with Gasteiger partial charge >= 0.3 is 0 Å². The van der Waals surface area contributed by atoms with Gasteiger partial charge in [-0.15, -0.1) is 0 Å². The second kappa shape index (κ2) is 8.94. The Bertz CT molecular complexity index is 854. The smallest absolute Gasteiger partial charge is 0.253 e. The average molecular weight is 400 g/mol. The summed E-state index contributed by atoms with van der Waals surface area (Å²) in [5.74, 6) is 0.289. The highest BCUT2D eigenvalue weighted by Crippen LogP contribution is 2.35. The number of piperidine rings is 1. The van der Waals surface area contributed by atoms with Crippen LogP contribution in [0.5, 0.6) is 11.5 Å². The SMILES string of the molecule is COc1ccc(C(=O)N2CCC[C@](COc3ccc(F)cc3)(CC(N)=O)C2)cc1. The normalized spacial score (nSPS) is 18.9. The summed E-state index contributed by atoms with van der Waals surface area (Å²) in [6.45, 7) is 1.18. The first-order chi connectivity index (χ1) is 13.9. The van der Waals surface area contributed by atoms with E-state index in [1.165, 1.54) is 24.3 Å². The number of carbonyl (C=O) groups is 2. The summed E-state index contributed by atoms with van der Waals surface area (Å²) in [7, 11) is 1.57. The van der Waals surface area contributed by atoms with E-state index in [2.05, 4.69) is 0 Å². The van der Waals surface area contributed by atoms with Crippen molar-refractivity contribution in [3.8, 4) is 11.5 Å². The number of hydrogen-bond donors (Lipinski definition) is 1. The molecule has 0 spiro atoms. The van der Waals surface area contributed by atoms with Crippen LogP contribution in [-0.4, -0.2) is 43.5 Å². The zero-order valence-electron chi connectivity index (χ0n) is 16.4. The van der Waals surface area contributed by atoms with Crippen molar-refractivity contribution in [1.29, 1.82) is 0 Å². The van der Waals surface area contributed by atoms with E-state index in [0.29, 0.717) is 36.6 Å². The molecule has 1 aliphatic heterocycles. The van der Waals surface area contributed by atoms with Crippen LogP contribution in [0, 0.1) is 11.2 Å². The number of ether oxygens (including phenoxy) is 2. The van der Waals surface area contributed by atoms with Crippen molar-refractivity contribution < 1.29 is 23.5 Å². The quantitative estimate of drug-likeness (QED) is 0.775. The zero-order valence-corrected chi connectivity index (χ0v) is 16.4. The van der Waals surface area contributed by atoms with Gasteiger partial charge in [-0.1, -0.05) is 0 Å². The van der Waals surface area contributed by atoms with Crippen LogP contribution in [0.1, 0.15) is 29.6 Å². The van der Waals surface area contributed by atoms with E-state index in [4.69, 9.17) is 15.2 Å². The van der Waals surface area contributed by atoms with Gasteiger partial charge in [-0.25, -0.2) is 4.39 Å². The van der Waals surface area contributed by atoms with Crippen molar-refractivity contribution in [1.82, 2.24) is 4.90 Å². The lowest BCUT2D eigenvalue weighted by atomic mass is 9.77. The predicted octanol–water partition coefficient (Wildman–Crippen LogP) is 3.01. The van der Waals surface area contributed by atoms with Crippen molar-refractivity contribution >= 4 is 11.8 Å². The summed E-state index contributed by atoms with van der Waals surface area (Å²) in [5.41, 5.74) is 5.47. The Hall–Kier alpha value is -3.09. The molecule has 0 unspecified atom stereocenters. The lowest BCUT2D eigenvalue weighted by Crippen LogP contribution is -2.50. The lowest BCUT2D eigenvalue weighted by molar-refractivity contribution is -0.122. The molecule has 7 heteroatoms. The summed E-state index contributed by atoms with van der Waals surface area (Å²) >= 11 is 0. The Labute approximate surface area is 169 Å². The summed E-state index contributed by atoms with van der Waals surface area (Å²) in [6.07, 6.45) is 1.56. The van der Waals surface area contributed by atoms with Gasteiger partial charge in [0.25, 0.3) is 5.91 Å². The van der Waals surface area contributed by atoms with E-state index in [-0.39, 0.29) is 24.8 Å². The molecule has 29 heavy (non-hydrogen) atoms. The van der Waals surface area contributed by atoms with Crippen molar-refractivity contribution in [2.24, 2.45) is 11.1 Å². The molecule has 6 nitrogen and oxygen atoms in total. The highest BCUT2D eigenvalue weighted by molar-refractivity contribution is 5.94. The highest BCUT2D eigenvalue weighted by atomic mass is 19.1. The molecule has 2 aromatic carbocycles. The third-order valence-electron chi connectivity index (χ3n) is 5.19. The lowest BCUT2D eigenvalue weighted by Gasteiger charge is -2.42. The summed E-state index contributed by atoms with van der Waals surface area (Å²) < 4.78 is 24.1. The van der Waals surface area contributed by atoms with E-state index in [0.717, 1.165) is 6.42 Å². The molecule has 1 atom stereocenters. The monoisotopic (exact) mass is 400 g/mol. The van der Waals surface area contributed by atoms with Gasteiger partial charge in [0.15, 0.2) is 0 Å². The van der Waals surface area contributed by atoms with Gasteiger partial charge in [0.1, 0.15) is 17.3 Å². The van der Waals surface area contributed by atoms with E-state index < -0.39 is 11.3 Å². The van der Waals surface area contributed by atoms with Crippen molar-refractivity contribution in [2.45, 2.75) is 19.3 Å². The average Bonchev–Trinajstić information content (AvgIpc) is 2.72. The third-order valence-corrected chi connectivity index (χ3v) is 5.19. The third kappa shape index (κ3) is 5.25. The molecule has 0 aromatic heterocycles. The number of rotatable bonds is 7. The summed E-state index contributed by atoms with van der Waals surface area (Å²) in [5, 5.41) is 0. The number of carbonyl (C=O) groups excluding carboxylic acids is 2. The number of likely N-dealkylation sites (tertiary alicyclic amines) is 1. The van der Waals surface area contributed by atoms with Crippen LogP contribution in [0.4, 0.5) is 4.39 Å². The molecule has 1 heterocycles. The fourth-order valence-corrected chi connectivity index (χ4v) is 3.75. The number of amides is 2. The second-order valence-electron chi connectivity index (χ2n) is 7.44. The number of benzene rings is 2. The molecular weight excluding hydrogens is 375 g/mol. The maximum atomic E-state index is 13.1. The maximum absolute atomic E-state index is 13.1. The van der Waals surface area contributed by atoms with Crippen LogP contribution in [0.15, 0.2) is 48.5 Å². The summed E-state index contributed by atoms with van der Waals surface area (Å²) in [4.78, 5) is 26.5. The molecule has 2 aromatic rings. The molecular formula is C22H25FN2O4. The van der Waals surface area contributed by atoms with Gasteiger partial charge in [0.05, 0.1) is 13.7 Å². The first-order valence-electron chi connectivity index (χ1n) is 9.51. The van der Waals surface area contributed by atoms with Gasteiger partial charge in [-0.2, -0.15) is 0 Å². The second-order valence-corrected chi connectivity index (χ2v) is 7.44. The number of methoxy groups -OCH3 is 1. The largest absolute Gasteiger partial charge is 0.497 e. The molecule has 0 bridgehead atoms. The molecule has 2 amide bonds. The van der Waals surface area contributed by atoms with Crippen LogP contribution in [0.2, 0.25) is 0 Å². The van der Waals surface area contributed by atoms with E-state index in [1.54, 1.807) is 36.3 Å². The standard InChI is InChI=1S/C22H25FN2O4/c1-28-18-7-3-16(4-8-18)21(27)25-12-2-11-22(14-25,13-20(24)26)15-29-19-9-5-17(23)6-10-19/h3-10H,2,11-15H2,1H3,(H2,24,26)/t22-/m0/s1. The molecule has 154 valence electrons.